The second-order valence-electron chi connectivity index (χ2n) is 1.42. The topological polar surface area (TPSA) is 44.3 Å². The molecule has 1 aliphatic rings. The first-order valence-corrected chi connectivity index (χ1v) is 2.06. The van der Waals surface area contributed by atoms with Gasteiger partial charge in [0.15, 0.2) is 0 Å². The van der Waals surface area contributed by atoms with Crippen LogP contribution in [0.2, 0.25) is 0 Å². The zero-order valence-electron chi connectivity index (χ0n) is 3.44. The van der Waals surface area contributed by atoms with E-state index in [-0.39, 0.29) is 6.17 Å². The molecule has 1 unspecified atom stereocenters. The summed E-state index contributed by atoms with van der Waals surface area (Å²) in [6.45, 7) is 1.03. The van der Waals surface area contributed by atoms with E-state index in [4.69, 9.17) is 5.21 Å². The van der Waals surface area contributed by atoms with Crippen molar-refractivity contribution in [2.75, 3.05) is 6.54 Å². The Labute approximate surface area is 36.3 Å². The zero-order valence-corrected chi connectivity index (χ0v) is 3.44. The van der Waals surface area contributed by atoms with Gasteiger partial charge >= 0.3 is 0 Å². The molecule has 1 atom stereocenters. The van der Waals surface area contributed by atoms with Gasteiger partial charge in [0.2, 0.25) is 0 Å². The molecule has 0 spiro atoms. The predicted octanol–water partition coefficient (Wildman–Crippen LogP) is -0.715. The van der Waals surface area contributed by atoms with Crippen LogP contribution in [0, 0.1) is 0 Å². The molecule has 0 bridgehead atoms. The quantitative estimate of drug-likeness (QED) is 0.371. The molecule has 0 aromatic heterocycles. The molecule has 1 heterocycles. The lowest BCUT2D eigenvalue weighted by Gasteiger charge is -2.25. The summed E-state index contributed by atoms with van der Waals surface area (Å²) >= 11 is 0. The van der Waals surface area contributed by atoms with E-state index in [1.807, 2.05) is 0 Å². The maximum Gasteiger partial charge on any atom is 0.0822 e. The lowest BCUT2D eigenvalue weighted by atomic mass is 10.2. The molecule has 0 aromatic rings. The van der Waals surface area contributed by atoms with Gasteiger partial charge < -0.3 is 5.21 Å². The van der Waals surface area contributed by atoms with Crippen LogP contribution in [-0.4, -0.2) is 17.9 Å². The first kappa shape index (κ1) is 4.05. The Hall–Kier alpha value is -0.120. The molecular weight excluding hydrogens is 80.0 g/mol. The second-order valence-corrected chi connectivity index (χ2v) is 1.42. The molecule has 1 aliphatic heterocycles. The summed E-state index contributed by atoms with van der Waals surface area (Å²) in [5.74, 6) is 0. The van der Waals surface area contributed by atoms with Crippen molar-refractivity contribution in [3.63, 3.8) is 0 Å². The van der Waals surface area contributed by atoms with Crippen molar-refractivity contribution in [1.82, 2.24) is 10.8 Å². The van der Waals surface area contributed by atoms with Gasteiger partial charge in [0.25, 0.3) is 0 Å². The summed E-state index contributed by atoms with van der Waals surface area (Å²) in [6, 6.07) is 0. The first-order valence-electron chi connectivity index (χ1n) is 2.06. The van der Waals surface area contributed by atoms with Crippen molar-refractivity contribution in [2.24, 2.45) is 0 Å². The Balaban J connectivity index is 2.01. The van der Waals surface area contributed by atoms with E-state index < -0.39 is 0 Å². The molecule has 0 saturated carbocycles. The number of rotatable bonds is 1. The van der Waals surface area contributed by atoms with Gasteiger partial charge in [-0.15, -0.1) is 0 Å². The van der Waals surface area contributed by atoms with E-state index in [1.165, 1.54) is 0 Å². The van der Waals surface area contributed by atoms with Gasteiger partial charge in [0.05, 0.1) is 6.17 Å². The van der Waals surface area contributed by atoms with Gasteiger partial charge in [-0.05, 0) is 13.0 Å². The fourth-order valence-electron chi connectivity index (χ4n) is 0.399. The summed E-state index contributed by atoms with van der Waals surface area (Å²) in [7, 11) is 0. The molecule has 3 nitrogen and oxygen atoms in total. The van der Waals surface area contributed by atoms with E-state index in [9.17, 15) is 0 Å². The third-order valence-electron chi connectivity index (χ3n) is 0.980. The molecule has 6 heavy (non-hydrogen) atoms. The van der Waals surface area contributed by atoms with Crippen LogP contribution in [0.1, 0.15) is 6.42 Å². The van der Waals surface area contributed by atoms with Crippen molar-refractivity contribution in [3.05, 3.63) is 0 Å². The largest absolute Gasteiger partial charge is 0.315 e. The molecule has 36 valence electrons. The Morgan fingerprint density at radius 2 is 2.50 bits per heavy atom. The van der Waals surface area contributed by atoms with Crippen LogP contribution < -0.4 is 10.8 Å². The van der Waals surface area contributed by atoms with E-state index in [0.29, 0.717) is 0 Å². The highest BCUT2D eigenvalue weighted by molar-refractivity contribution is 4.70. The number of hydrogen-bond donors (Lipinski definition) is 3. The number of nitrogens with one attached hydrogen (secondary N) is 2. The van der Waals surface area contributed by atoms with Gasteiger partial charge in [-0.1, -0.05) is 0 Å². The summed E-state index contributed by atoms with van der Waals surface area (Å²) in [4.78, 5) is 0. The fraction of sp³-hybridized carbons (Fsp3) is 1.00. The Morgan fingerprint density at radius 3 is 2.50 bits per heavy atom. The minimum Gasteiger partial charge on any atom is -0.315 e. The third kappa shape index (κ3) is 0.518. The maximum atomic E-state index is 8.07. The molecule has 0 radical (unpaired) electrons. The van der Waals surface area contributed by atoms with Crippen molar-refractivity contribution in [1.29, 1.82) is 0 Å². The van der Waals surface area contributed by atoms with Crippen LogP contribution in [0.5, 0.6) is 0 Å². The van der Waals surface area contributed by atoms with Gasteiger partial charge in [-0.2, -0.15) is 5.48 Å². The smallest absolute Gasteiger partial charge is 0.0822 e. The molecular formula is C3H8N2O. The lowest BCUT2D eigenvalue weighted by molar-refractivity contribution is 0.0778. The molecule has 1 saturated heterocycles. The van der Waals surface area contributed by atoms with Crippen molar-refractivity contribution in [3.8, 4) is 0 Å². The normalized spacial score (nSPS) is 32.5. The Morgan fingerprint density at radius 1 is 1.83 bits per heavy atom. The molecule has 3 N–H and O–H groups in total. The van der Waals surface area contributed by atoms with Crippen molar-refractivity contribution >= 4 is 0 Å². The highest BCUT2D eigenvalue weighted by atomic mass is 16.5. The highest BCUT2D eigenvalue weighted by Gasteiger charge is 2.12. The average molecular weight is 88.1 g/mol. The number of hydrogen-bond acceptors (Lipinski definition) is 3. The molecule has 1 fully saturated rings. The first-order chi connectivity index (χ1) is 2.93. The van der Waals surface area contributed by atoms with Crippen LogP contribution >= 0.6 is 0 Å². The van der Waals surface area contributed by atoms with Crippen LogP contribution in [0.3, 0.4) is 0 Å². The molecule has 3 heteroatoms. The summed E-state index contributed by atoms with van der Waals surface area (Å²) < 4.78 is 0. The Kier molecular flexibility index (Phi) is 1.05. The van der Waals surface area contributed by atoms with Crippen molar-refractivity contribution < 1.29 is 5.21 Å². The van der Waals surface area contributed by atoms with Crippen LogP contribution in [0.25, 0.3) is 0 Å². The van der Waals surface area contributed by atoms with Crippen LogP contribution in [-0.2, 0) is 0 Å². The average Bonchev–Trinajstić information content (AvgIpc) is 1.31. The van der Waals surface area contributed by atoms with Crippen LogP contribution in [0.4, 0.5) is 0 Å². The maximum absolute atomic E-state index is 8.07. The molecule has 0 amide bonds. The number of hydroxylamine groups is 1. The van der Waals surface area contributed by atoms with E-state index in [2.05, 4.69) is 10.8 Å². The third-order valence-corrected chi connectivity index (χ3v) is 0.980. The molecule has 1 rings (SSSR count). The monoisotopic (exact) mass is 88.1 g/mol. The van der Waals surface area contributed by atoms with E-state index in [1.54, 1.807) is 0 Å². The minimum absolute atomic E-state index is 0.171. The van der Waals surface area contributed by atoms with Gasteiger partial charge in [-0.3, -0.25) is 5.32 Å². The standard InChI is InChI=1S/C3H8N2O/c6-5-3-1-2-4-3/h3-6H,1-2H2. The second kappa shape index (κ2) is 1.55. The minimum atomic E-state index is 0.171. The van der Waals surface area contributed by atoms with E-state index in [0.717, 1.165) is 13.0 Å². The predicted molar refractivity (Wildman–Crippen MR) is 21.3 cm³/mol. The highest BCUT2D eigenvalue weighted by Crippen LogP contribution is 1.93. The SMILES string of the molecule is ONC1CCN1. The summed E-state index contributed by atoms with van der Waals surface area (Å²) in [6.07, 6.45) is 1.21. The van der Waals surface area contributed by atoms with Gasteiger partial charge in [-0.25, -0.2) is 0 Å². The zero-order chi connectivity index (χ0) is 4.41. The Bertz CT molecular complexity index is 41.3. The molecule has 0 aliphatic carbocycles. The van der Waals surface area contributed by atoms with Crippen molar-refractivity contribution in [2.45, 2.75) is 12.6 Å². The molecule has 0 aromatic carbocycles. The summed E-state index contributed by atoms with van der Waals surface area (Å²) in [5, 5.41) is 11.0. The summed E-state index contributed by atoms with van der Waals surface area (Å²) in [5.41, 5.74) is 2.09. The van der Waals surface area contributed by atoms with E-state index >= 15 is 0 Å². The van der Waals surface area contributed by atoms with Crippen LogP contribution in [0.15, 0.2) is 0 Å². The van der Waals surface area contributed by atoms with Gasteiger partial charge in [0.1, 0.15) is 0 Å². The van der Waals surface area contributed by atoms with Gasteiger partial charge in [0, 0.05) is 0 Å². The lowest BCUT2D eigenvalue weighted by Crippen LogP contribution is -2.51. The fourth-order valence-corrected chi connectivity index (χ4v) is 0.399.